The molecule has 3 amide bonds. The SMILES string of the molecule is CN(Cc1ccccc1Br)C(=O)NC(=O)COCC(=O)O. The number of halogens is 1. The van der Waals surface area contributed by atoms with Gasteiger partial charge in [-0.1, -0.05) is 34.1 Å². The van der Waals surface area contributed by atoms with Gasteiger partial charge in [-0.2, -0.15) is 0 Å². The number of carboxylic acids is 1. The molecule has 2 N–H and O–H groups in total. The van der Waals surface area contributed by atoms with E-state index in [9.17, 15) is 14.4 Å². The molecule has 114 valence electrons. The molecule has 7 nitrogen and oxygen atoms in total. The maximum atomic E-state index is 11.8. The molecule has 21 heavy (non-hydrogen) atoms. The van der Waals surface area contributed by atoms with E-state index in [0.29, 0.717) is 6.54 Å². The lowest BCUT2D eigenvalue weighted by Gasteiger charge is -2.18. The number of amides is 3. The van der Waals surface area contributed by atoms with E-state index in [2.05, 4.69) is 26.0 Å². The molecule has 0 saturated heterocycles. The van der Waals surface area contributed by atoms with E-state index in [1.54, 1.807) is 7.05 Å². The zero-order valence-corrected chi connectivity index (χ0v) is 12.9. The highest BCUT2D eigenvalue weighted by Gasteiger charge is 2.14. The molecule has 0 aliphatic rings. The van der Waals surface area contributed by atoms with Crippen LogP contribution in [0.15, 0.2) is 28.7 Å². The van der Waals surface area contributed by atoms with Crippen molar-refractivity contribution in [3.05, 3.63) is 34.3 Å². The third kappa shape index (κ3) is 6.37. The summed E-state index contributed by atoms with van der Waals surface area (Å²) in [6, 6.07) is 6.82. The highest BCUT2D eigenvalue weighted by Crippen LogP contribution is 2.17. The van der Waals surface area contributed by atoms with Gasteiger partial charge in [-0.25, -0.2) is 9.59 Å². The van der Waals surface area contributed by atoms with Crippen molar-refractivity contribution in [3.63, 3.8) is 0 Å². The van der Waals surface area contributed by atoms with Crippen molar-refractivity contribution in [1.29, 1.82) is 0 Å². The standard InChI is InChI=1S/C13H15BrN2O5/c1-16(6-9-4-2-3-5-10(9)14)13(20)15-11(17)7-21-8-12(18)19/h2-5H,6-8H2,1H3,(H,18,19)(H,15,17,20). The van der Waals surface area contributed by atoms with Gasteiger partial charge >= 0.3 is 12.0 Å². The third-order valence-electron chi connectivity index (χ3n) is 2.42. The molecule has 1 rings (SSSR count). The van der Waals surface area contributed by atoms with E-state index in [1.165, 1.54) is 4.90 Å². The van der Waals surface area contributed by atoms with E-state index < -0.39 is 31.1 Å². The number of carbonyl (C=O) groups excluding carboxylic acids is 2. The van der Waals surface area contributed by atoms with Crippen LogP contribution in [0.5, 0.6) is 0 Å². The van der Waals surface area contributed by atoms with Gasteiger partial charge in [0.1, 0.15) is 13.2 Å². The first kappa shape index (κ1) is 17.1. The maximum Gasteiger partial charge on any atom is 0.329 e. The van der Waals surface area contributed by atoms with E-state index in [1.807, 2.05) is 24.3 Å². The van der Waals surface area contributed by atoms with Crippen molar-refractivity contribution in [2.75, 3.05) is 20.3 Å². The largest absolute Gasteiger partial charge is 0.480 e. The van der Waals surface area contributed by atoms with Gasteiger partial charge in [0.15, 0.2) is 0 Å². The van der Waals surface area contributed by atoms with Gasteiger partial charge < -0.3 is 14.7 Å². The van der Waals surface area contributed by atoms with Crippen molar-refractivity contribution in [1.82, 2.24) is 10.2 Å². The number of benzene rings is 1. The smallest absolute Gasteiger partial charge is 0.329 e. The molecule has 1 aromatic rings. The zero-order valence-electron chi connectivity index (χ0n) is 11.3. The van der Waals surface area contributed by atoms with Crippen LogP contribution in [0.4, 0.5) is 4.79 Å². The number of ether oxygens (including phenoxy) is 1. The molecule has 8 heteroatoms. The average molecular weight is 359 g/mol. The first-order chi connectivity index (χ1) is 9.90. The minimum absolute atomic E-state index is 0.316. The Kier molecular flexibility index (Phi) is 6.83. The van der Waals surface area contributed by atoms with Crippen LogP contribution in [0.3, 0.4) is 0 Å². The molecule has 0 aromatic heterocycles. The second-order valence-electron chi connectivity index (χ2n) is 4.19. The second-order valence-corrected chi connectivity index (χ2v) is 5.04. The second kappa shape index (κ2) is 8.38. The van der Waals surface area contributed by atoms with Crippen molar-refractivity contribution in [2.24, 2.45) is 0 Å². The monoisotopic (exact) mass is 358 g/mol. The van der Waals surface area contributed by atoms with Crippen LogP contribution in [-0.2, 0) is 20.9 Å². The van der Waals surface area contributed by atoms with Gasteiger partial charge in [-0.3, -0.25) is 10.1 Å². The van der Waals surface area contributed by atoms with E-state index >= 15 is 0 Å². The molecule has 0 bridgehead atoms. The molecule has 0 unspecified atom stereocenters. The summed E-state index contributed by atoms with van der Waals surface area (Å²) < 4.78 is 5.45. The van der Waals surface area contributed by atoms with Crippen molar-refractivity contribution < 1.29 is 24.2 Å². The summed E-state index contributed by atoms with van der Waals surface area (Å²) in [5, 5.41) is 10.5. The van der Waals surface area contributed by atoms with Gasteiger partial charge in [0.25, 0.3) is 5.91 Å². The predicted molar refractivity (Wildman–Crippen MR) is 77.6 cm³/mol. The fourth-order valence-electron chi connectivity index (χ4n) is 1.44. The Bertz CT molecular complexity index is 535. The number of nitrogens with zero attached hydrogens (tertiary/aromatic N) is 1. The number of hydrogen-bond acceptors (Lipinski definition) is 4. The van der Waals surface area contributed by atoms with Crippen LogP contribution in [-0.4, -0.2) is 48.2 Å². The Labute approximate surface area is 130 Å². The summed E-state index contributed by atoms with van der Waals surface area (Å²) in [6.07, 6.45) is 0. The van der Waals surface area contributed by atoms with Crippen LogP contribution in [0.25, 0.3) is 0 Å². The van der Waals surface area contributed by atoms with Crippen LogP contribution in [0, 0.1) is 0 Å². The molecule has 0 atom stereocenters. The first-order valence-corrected chi connectivity index (χ1v) is 6.77. The Balaban J connectivity index is 2.42. The molecule has 0 spiro atoms. The van der Waals surface area contributed by atoms with Crippen LogP contribution in [0.2, 0.25) is 0 Å². The molecule has 0 aliphatic heterocycles. The lowest BCUT2D eigenvalue weighted by atomic mass is 10.2. The van der Waals surface area contributed by atoms with Crippen molar-refractivity contribution >= 4 is 33.8 Å². The molecule has 0 aliphatic carbocycles. The highest BCUT2D eigenvalue weighted by molar-refractivity contribution is 9.10. The predicted octanol–water partition coefficient (Wildman–Crippen LogP) is 1.22. The Hall–Kier alpha value is -1.93. The van der Waals surface area contributed by atoms with Gasteiger partial charge in [0.05, 0.1) is 0 Å². The zero-order chi connectivity index (χ0) is 15.8. The molecule has 1 aromatic carbocycles. The average Bonchev–Trinajstić information content (AvgIpc) is 2.40. The normalized spacial score (nSPS) is 10.0. The molecule has 0 heterocycles. The quantitative estimate of drug-likeness (QED) is 0.796. The summed E-state index contributed by atoms with van der Waals surface area (Å²) >= 11 is 3.37. The Morgan fingerprint density at radius 2 is 1.95 bits per heavy atom. The fourth-order valence-corrected chi connectivity index (χ4v) is 1.85. The minimum atomic E-state index is -1.18. The van der Waals surface area contributed by atoms with Crippen LogP contribution in [0.1, 0.15) is 5.56 Å². The lowest BCUT2D eigenvalue weighted by molar-refractivity contribution is -0.143. The molecular formula is C13H15BrN2O5. The molecule has 0 radical (unpaired) electrons. The van der Waals surface area contributed by atoms with Gasteiger partial charge in [0.2, 0.25) is 0 Å². The van der Waals surface area contributed by atoms with Crippen molar-refractivity contribution in [2.45, 2.75) is 6.54 Å². The van der Waals surface area contributed by atoms with Gasteiger partial charge in [-0.05, 0) is 11.6 Å². The number of nitrogens with one attached hydrogen (secondary N) is 1. The first-order valence-electron chi connectivity index (χ1n) is 5.98. The fraction of sp³-hybridized carbons (Fsp3) is 0.308. The number of urea groups is 1. The third-order valence-corrected chi connectivity index (χ3v) is 3.19. The Morgan fingerprint density at radius 3 is 2.57 bits per heavy atom. The van der Waals surface area contributed by atoms with E-state index in [-0.39, 0.29) is 0 Å². The lowest BCUT2D eigenvalue weighted by Crippen LogP contribution is -2.42. The van der Waals surface area contributed by atoms with Crippen LogP contribution >= 0.6 is 15.9 Å². The van der Waals surface area contributed by atoms with Crippen molar-refractivity contribution in [3.8, 4) is 0 Å². The number of carboxylic acid groups (broad SMARTS) is 1. The summed E-state index contributed by atoms with van der Waals surface area (Å²) in [5.74, 6) is -1.87. The topological polar surface area (TPSA) is 95.9 Å². The van der Waals surface area contributed by atoms with Crippen LogP contribution < -0.4 is 5.32 Å². The maximum absolute atomic E-state index is 11.8. The summed E-state index contributed by atoms with van der Waals surface area (Å²) in [6.45, 7) is -0.758. The number of hydrogen-bond donors (Lipinski definition) is 2. The highest BCUT2D eigenvalue weighted by atomic mass is 79.9. The minimum Gasteiger partial charge on any atom is -0.480 e. The summed E-state index contributed by atoms with van der Waals surface area (Å²) in [5.41, 5.74) is 0.893. The van der Waals surface area contributed by atoms with E-state index in [0.717, 1.165) is 10.0 Å². The number of carbonyl (C=O) groups is 3. The van der Waals surface area contributed by atoms with Gasteiger partial charge in [-0.15, -0.1) is 0 Å². The summed E-state index contributed by atoms with van der Waals surface area (Å²) in [4.78, 5) is 34.7. The summed E-state index contributed by atoms with van der Waals surface area (Å²) in [7, 11) is 1.54. The molecule has 0 saturated carbocycles. The molecular weight excluding hydrogens is 344 g/mol. The number of rotatable bonds is 6. The van der Waals surface area contributed by atoms with Gasteiger partial charge in [0, 0.05) is 18.1 Å². The Morgan fingerprint density at radius 1 is 1.29 bits per heavy atom. The van der Waals surface area contributed by atoms with E-state index in [4.69, 9.17) is 5.11 Å². The number of imide groups is 1. The number of aliphatic carboxylic acids is 1. The molecule has 0 fully saturated rings.